The summed E-state index contributed by atoms with van der Waals surface area (Å²) in [6.07, 6.45) is 2.25. The Labute approximate surface area is 144 Å². The fraction of sp³-hybridized carbons (Fsp3) is 0.263. The number of phenols is 1. The fourth-order valence-corrected chi connectivity index (χ4v) is 3.23. The fourth-order valence-electron chi connectivity index (χ4n) is 3.23. The van der Waals surface area contributed by atoms with Crippen LogP contribution < -0.4 is 5.56 Å². The first-order valence-electron chi connectivity index (χ1n) is 8.27. The third-order valence-electron chi connectivity index (χ3n) is 4.53. The highest BCUT2D eigenvalue weighted by Crippen LogP contribution is 2.24. The second-order valence-electron chi connectivity index (χ2n) is 6.41. The topological polar surface area (TPSA) is 82.4 Å². The molecule has 0 bridgehead atoms. The Balaban J connectivity index is 1.59. The normalized spacial score (nSPS) is 14.4. The maximum absolute atomic E-state index is 12.5. The third kappa shape index (κ3) is 3.08. The van der Waals surface area contributed by atoms with Crippen molar-refractivity contribution < 1.29 is 9.52 Å². The SMILES string of the molecule is Cc1ccc(O)c(CN2CCc3nc(-c4ccco4)[nH]c(=O)c3C2)c1. The molecule has 6 heteroatoms. The van der Waals surface area contributed by atoms with Gasteiger partial charge < -0.3 is 14.5 Å². The van der Waals surface area contributed by atoms with Gasteiger partial charge in [-0.05, 0) is 25.1 Å². The Bertz CT molecular complexity index is 961. The van der Waals surface area contributed by atoms with E-state index in [0.29, 0.717) is 36.7 Å². The van der Waals surface area contributed by atoms with Gasteiger partial charge in [0.1, 0.15) is 5.75 Å². The number of H-pyrrole nitrogens is 1. The highest BCUT2D eigenvalue weighted by atomic mass is 16.3. The Morgan fingerprint density at radius 1 is 1.36 bits per heavy atom. The van der Waals surface area contributed by atoms with E-state index in [2.05, 4.69) is 14.9 Å². The van der Waals surface area contributed by atoms with Crippen LogP contribution in [0.4, 0.5) is 0 Å². The van der Waals surface area contributed by atoms with Gasteiger partial charge in [0.25, 0.3) is 5.56 Å². The van der Waals surface area contributed by atoms with Crippen LogP contribution in [0.2, 0.25) is 0 Å². The molecule has 3 aromatic rings. The number of aromatic nitrogens is 2. The van der Waals surface area contributed by atoms with Crippen molar-refractivity contribution in [1.82, 2.24) is 14.9 Å². The van der Waals surface area contributed by atoms with E-state index >= 15 is 0 Å². The zero-order valence-electron chi connectivity index (χ0n) is 14.0. The number of benzene rings is 1. The van der Waals surface area contributed by atoms with Crippen LogP contribution in [-0.2, 0) is 19.5 Å². The maximum atomic E-state index is 12.5. The molecule has 0 unspecified atom stereocenters. The van der Waals surface area contributed by atoms with E-state index in [1.807, 2.05) is 19.1 Å². The van der Waals surface area contributed by atoms with E-state index in [1.165, 1.54) is 0 Å². The van der Waals surface area contributed by atoms with Gasteiger partial charge in [-0.3, -0.25) is 9.69 Å². The number of aryl methyl sites for hydroxylation is 1. The molecule has 4 rings (SSSR count). The van der Waals surface area contributed by atoms with Gasteiger partial charge in [-0.15, -0.1) is 0 Å². The van der Waals surface area contributed by atoms with E-state index < -0.39 is 0 Å². The number of phenolic OH excluding ortho intramolecular Hbond substituents is 1. The Morgan fingerprint density at radius 2 is 2.24 bits per heavy atom. The van der Waals surface area contributed by atoms with Crippen LogP contribution in [0.5, 0.6) is 5.75 Å². The van der Waals surface area contributed by atoms with Crippen LogP contribution >= 0.6 is 0 Å². The highest BCUT2D eigenvalue weighted by molar-refractivity contribution is 5.47. The molecule has 0 amide bonds. The zero-order chi connectivity index (χ0) is 17.4. The highest BCUT2D eigenvalue weighted by Gasteiger charge is 2.22. The number of aromatic hydroxyl groups is 1. The molecule has 0 saturated heterocycles. The van der Waals surface area contributed by atoms with Crippen molar-refractivity contribution in [2.45, 2.75) is 26.4 Å². The molecule has 1 aromatic carbocycles. The van der Waals surface area contributed by atoms with Crippen molar-refractivity contribution >= 4 is 0 Å². The zero-order valence-corrected chi connectivity index (χ0v) is 14.0. The van der Waals surface area contributed by atoms with Crippen LogP contribution in [0.1, 0.15) is 22.4 Å². The van der Waals surface area contributed by atoms with Crippen molar-refractivity contribution in [1.29, 1.82) is 0 Å². The van der Waals surface area contributed by atoms with Crippen LogP contribution in [0, 0.1) is 6.92 Å². The van der Waals surface area contributed by atoms with Gasteiger partial charge in [0.05, 0.1) is 17.5 Å². The van der Waals surface area contributed by atoms with Crippen LogP contribution in [0.3, 0.4) is 0 Å². The Kier molecular flexibility index (Phi) is 3.89. The molecule has 2 aromatic heterocycles. The van der Waals surface area contributed by atoms with Gasteiger partial charge >= 0.3 is 0 Å². The lowest BCUT2D eigenvalue weighted by molar-refractivity contribution is 0.238. The summed E-state index contributed by atoms with van der Waals surface area (Å²) < 4.78 is 5.32. The second kappa shape index (κ2) is 6.22. The first kappa shape index (κ1) is 15.7. The molecule has 128 valence electrons. The number of hydrogen-bond acceptors (Lipinski definition) is 5. The number of aromatic amines is 1. The molecule has 6 nitrogen and oxygen atoms in total. The van der Waals surface area contributed by atoms with Crippen molar-refractivity contribution in [3.63, 3.8) is 0 Å². The molecule has 0 spiro atoms. The molecule has 1 aliphatic heterocycles. The molecular formula is C19H19N3O3. The van der Waals surface area contributed by atoms with Gasteiger partial charge in [0.2, 0.25) is 0 Å². The van der Waals surface area contributed by atoms with Gasteiger partial charge in [-0.1, -0.05) is 17.7 Å². The molecule has 25 heavy (non-hydrogen) atoms. The van der Waals surface area contributed by atoms with Gasteiger partial charge in [0, 0.05) is 31.6 Å². The summed E-state index contributed by atoms with van der Waals surface area (Å²) in [7, 11) is 0. The van der Waals surface area contributed by atoms with Crippen molar-refractivity contribution in [3.8, 4) is 17.3 Å². The average molecular weight is 337 g/mol. The van der Waals surface area contributed by atoms with Crippen molar-refractivity contribution in [2.75, 3.05) is 6.54 Å². The molecular weight excluding hydrogens is 318 g/mol. The minimum Gasteiger partial charge on any atom is -0.508 e. The van der Waals surface area contributed by atoms with E-state index in [4.69, 9.17) is 4.42 Å². The number of hydrogen-bond donors (Lipinski definition) is 2. The smallest absolute Gasteiger partial charge is 0.256 e. The van der Waals surface area contributed by atoms with E-state index in [0.717, 1.165) is 23.4 Å². The third-order valence-corrected chi connectivity index (χ3v) is 4.53. The monoisotopic (exact) mass is 337 g/mol. The summed E-state index contributed by atoms with van der Waals surface area (Å²) in [6.45, 7) is 3.91. The number of rotatable bonds is 3. The quantitative estimate of drug-likeness (QED) is 0.768. The molecule has 1 aliphatic rings. The van der Waals surface area contributed by atoms with Gasteiger partial charge in [0.15, 0.2) is 11.6 Å². The Hall–Kier alpha value is -2.86. The first-order valence-corrected chi connectivity index (χ1v) is 8.27. The summed E-state index contributed by atoms with van der Waals surface area (Å²) in [6, 6.07) is 9.13. The van der Waals surface area contributed by atoms with Gasteiger partial charge in [-0.25, -0.2) is 4.98 Å². The standard InChI is InChI=1S/C19H19N3O3/c1-12-4-5-16(23)13(9-12)10-22-7-6-15-14(11-22)19(24)21-18(20-15)17-3-2-8-25-17/h2-5,8-9,23H,6-7,10-11H2,1H3,(H,20,21,24). The summed E-state index contributed by atoms with van der Waals surface area (Å²) in [4.78, 5) is 22.0. The number of nitrogens with zero attached hydrogens (tertiary/aromatic N) is 2. The lowest BCUT2D eigenvalue weighted by atomic mass is 10.0. The Morgan fingerprint density at radius 3 is 3.04 bits per heavy atom. The first-order chi connectivity index (χ1) is 12.1. The lowest BCUT2D eigenvalue weighted by Crippen LogP contribution is -2.35. The van der Waals surface area contributed by atoms with Crippen molar-refractivity contribution in [3.05, 3.63) is 69.3 Å². The molecule has 0 aliphatic carbocycles. The van der Waals surface area contributed by atoms with Crippen LogP contribution in [0.25, 0.3) is 11.6 Å². The van der Waals surface area contributed by atoms with Crippen LogP contribution in [0.15, 0.2) is 45.8 Å². The summed E-state index contributed by atoms with van der Waals surface area (Å²) in [5.74, 6) is 1.32. The van der Waals surface area contributed by atoms with Crippen LogP contribution in [-0.4, -0.2) is 26.5 Å². The number of furan rings is 1. The summed E-state index contributed by atoms with van der Waals surface area (Å²) >= 11 is 0. The summed E-state index contributed by atoms with van der Waals surface area (Å²) in [5.41, 5.74) is 3.36. The minimum absolute atomic E-state index is 0.130. The van der Waals surface area contributed by atoms with E-state index in [1.54, 1.807) is 24.5 Å². The van der Waals surface area contributed by atoms with Crippen molar-refractivity contribution in [2.24, 2.45) is 0 Å². The molecule has 0 atom stereocenters. The number of nitrogens with one attached hydrogen (secondary N) is 1. The molecule has 0 radical (unpaired) electrons. The number of fused-ring (bicyclic) bond motifs is 1. The molecule has 0 saturated carbocycles. The minimum atomic E-state index is -0.130. The predicted octanol–water partition coefficient (Wildman–Crippen LogP) is 2.60. The van der Waals surface area contributed by atoms with Gasteiger partial charge in [-0.2, -0.15) is 0 Å². The second-order valence-corrected chi connectivity index (χ2v) is 6.41. The summed E-state index contributed by atoms with van der Waals surface area (Å²) in [5, 5.41) is 10.0. The van der Waals surface area contributed by atoms with E-state index in [9.17, 15) is 9.90 Å². The maximum Gasteiger partial charge on any atom is 0.256 e. The molecule has 2 N–H and O–H groups in total. The van der Waals surface area contributed by atoms with E-state index in [-0.39, 0.29) is 11.3 Å². The predicted molar refractivity (Wildman–Crippen MR) is 93.2 cm³/mol. The molecule has 0 fully saturated rings. The lowest BCUT2D eigenvalue weighted by Gasteiger charge is -2.28. The average Bonchev–Trinajstić information content (AvgIpc) is 3.13. The largest absolute Gasteiger partial charge is 0.508 e. The molecule has 3 heterocycles.